The van der Waals surface area contributed by atoms with Crippen LogP contribution in [0.3, 0.4) is 0 Å². The topological polar surface area (TPSA) is 38.8 Å². The molecule has 0 fully saturated rings. The van der Waals surface area contributed by atoms with Crippen LogP contribution in [0.1, 0.15) is 27.2 Å². The molecule has 4 nitrogen and oxygen atoms in total. The highest BCUT2D eigenvalue weighted by Gasteiger charge is 2.22. The lowest BCUT2D eigenvalue weighted by molar-refractivity contribution is -0.137. The van der Waals surface area contributed by atoms with E-state index in [4.69, 9.17) is 9.57 Å². The minimum absolute atomic E-state index is 0.427. The summed E-state index contributed by atoms with van der Waals surface area (Å²) in [4.78, 5) is 16.7. The molecule has 0 saturated carbocycles. The van der Waals surface area contributed by atoms with Crippen LogP contribution < -0.4 is 0 Å². The highest BCUT2D eigenvalue weighted by molar-refractivity contribution is 5.67. The first-order valence-electron chi connectivity index (χ1n) is 4.77. The van der Waals surface area contributed by atoms with Crippen molar-refractivity contribution in [2.45, 2.75) is 32.8 Å². The van der Waals surface area contributed by atoms with Gasteiger partial charge in [0.2, 0.25) is 0 Å². The summed E-state index contributed by atoms with van der Waals surface area (Å²) in [6, 6.07) is 0. The number of carbonyl (C=O) groups is 1. The molecule has 0 aromatic rings. The van der Waals surface area contributed by atoms with Crippen molar-refractivity contribution in [1.29, 1.82) is 0 Å². The number of hydrogen-bond acceptors (Lipinski definition) is 3. The Hall–Kier alpha value is -1.03. The van der Waals surface area contributed by atoms with Crippen LogP contribution in [0.4, 0.5) is 4.79 Å². The molecule has 0 unspecified atom stereocenters. The summed E-state index contributed by atoms with van der Waals surface area (Å²) >= 11 is 0. The van der Waals surface area contributed by atoms with Crippen molar-refractivity contribution in [2.75, 3.05) is 13.2 Å². The van der Waals surface area contributed by atoms with Gasteiger partial charge in [0.05, 0.1) is 13.2 Å². The van der Waals surface area contributed by atoms with E-state index in [0.29, 0.717) is 13.2 Å². The number of rotatable bonds is 0. The molecule has 14 heavy (non-hydrogen) atoms. The molecular formula is C10H17NO3. The van der Waals surface area contributed by atoms with E-state index in [-0.39, 0.29) is 0 Å². The van der Waals surface area contributed by atoms with Crippen LogP contribution >= 0.6 is 0 Å². The van der Waals surface area contributed by atoms with E-state index in [0.717, 1.165) is 6.42 Å². The van der Waals surface area contributed by atoms with Crippen LogP contribution in [0.15, 0.2) is 12.2 Å². The van der Waals surface area contributed by atoms with Crippen molar-refractivity contribution in [3.63, 3.8) is 0 Å². The maximum absolute atomic E-state index is 11.5. The fraction of sp³-hybridized carbons (Fsp3) is 0.700. The molecule has 1 rings (SSSR count). The molecule has 0 bridgehead atoms. The Kier molecular flexibility index (Phi) is 3.52. The zero-order valence-electron chi connectivity index (χ0n) is 8.95. The minimum Gasteiger partial charge on any atom is -0.442 e. The number of nitrogens with zero attached hydrogens (tertiary/aromatic N) is 1. The summed E-state index contributed by atoms with van der Waals surface area (Å²) in [5.74, 6) is 0. The average molecular weight is 199 g/mol. The smallest absolute Gasteiger partial charge is 0.434 e. The molecule has 1 aliphatic rings. The standard InChI is InChI=1S/C10H17NO3/c1-10(2,3)14-9(12)11-7-5-4-6-8-13-11/h4-5H,6-8H2,1-3H3. The number of ether oxygens (including phenoxy) is 1. The molecule has 0 atom stereocenters. The van der Waals surface area contributed by atoms with Crippen LogP contribution in [0, 0.1) is 0 Å². The molecule has 80 valence electrons. The lowest BCUT2D eigenvalue weighted by Crippen LogP contribution is -2.36. The van der Waals surface area contributed by atoms with Crippen molar-refractivity contribution in [1.82, 2.24) is 5.06 Å². The predicted octanol–water partition coefficient (Wildman–Crippen LogP) is 2.12. The van der Waals surface area contributed by atoms with E-state index in [2.05, 4.69) is 0 Å². The highest BCUT2D eigenvalue weighted by Crippen LogP contribution is 2.11. The molecule has 1 aliphatic heterocycles. The van der Waals surface area contributed by atoms with Crippen LogP contribution in [-0.4, -0.2) is 29.9 Å². The number of carbonyl (C=O) groups excluding carboxylic acids is 1. The van der Waals surface area contributed by atoms with Crippen LogP contribution in [0.2, 0.25) is 0 Å². The van der Waals surface area contributed by atoms with Gasteiger partial charge in [0.25, 0.3) is 0 Å². The third-order valence-electron chi connectivity index (χ3n) is 1.57. The van der Waals surface area contributed by atoms with Crippen LogP contribution in [0.5, 0.6) is 0 Å². The molecule has 0 spiro atoms. The normalized spacial score (nSPS) is 17.8. The first-order valence-corrected chi connectivity index (χ1v) is 4.77. The van der Waals surface area contributed by atoms with Gasteiger partial charge in [-0.3, -0.25) is 4.84 Å². The molecule has 1 amide bonds. The second-order valence-corrected chi connectivity index (χ2v) is 4.13. The largest absolute Gasteiger partial charge is 0.442 e. The summed E-state index contributed by atoms with van der Waals surface area (Å²) in [6.45, 7) is 6.47. The molecule has 0 aliphatic carbocycles. The van der Waals surface area contributed by atoms with Gasteiger partial charge < -0.3 is 4.74 Å². The molecule has 0 saturated heterocycles. The molecule has 1 heterocycles. The van der Waals surface area contributed by atoms with Crippen LogP contribution in [0.25, 0.3) is 0 Å². The summed E-state index contributed by atoms with van der Waals surface area (Å²) in [5.41, 5.74) is -0.476. The molecular weight excluding hydrogens is 182 g/mol. The monoisotopic (exact) mass is 199 g/mol. The fourth-order valence-corrected chi connectivity index (χ4v) is 1.01. The zero-order chi connectivity index (χ0) is 10.6. The molecule has 4 heteroatoms. The van der Waals surface area contributed by atoms with E-state index in [1.165, 1.54) is 5.06 Å². The quantitative estimate of drug-likeness (QED) is 0.561. The second kappa shape index (κ2) is 4.46. The van der Waals surface area contributed by atoms with Crippen LogP contribution in [-0.2, 0) is 9.57 Å². The van der Waals surface area contributed by atoms with Gasteiger partial charge in [0.15, 0.2) is 0 Å². The summed E-state index contributed by atoms with van der Waals surface area (Å²) in [7, 11) is 0. The first kappa shape index (κ1) is 11.0. The van der Waals surface area contributed by atoms with Gasteiger partial charge in [-0.05, 0) is 27.2 Å². The van der Waals surface area contributed by atoms with Crippen molar-refractivity contribution >= 4 is 6.09 Å². The second-order valence-electron chi connectivity index (χ2n) is 4.13. The maximum Gasteiger partial charge on any atom is 0.434 e. The van der Waals surface area contributed by atoms with Crippen molar-refractivity contribution in [3.05, 3.63) is 12.2 Å². The molecule has 0 radical (unpaired) electrons. The van der Waals surface area contributed by atoms with Gasteiger partial charge in [-0.25, -0.2) is 4.79 Å². The lowest BCUT2D eigenvalue weighted by Gasteiger charge is -2.25. The van der Waals surface area contributed by atoms with E-state index >= 15 is 0 Å². The fourth-order valence-electron chi connectivity index (χ4n) is 1.01. The maximum atomic E-state index is 11.5. The Bertz CT molecular complexity index is 230. The van der Waals surface area contributed by atoms with E-state index in [1.54, 1.807) is 0 Å². The Morgan fingerprint density at radius 1 is 1.43 bits per heavy atom. The van der Waals surface area contributed by atoms with E-state index in [9.17, 15) is 4.79 Å². The van der Waals surface area contributed by atoms with Gasteiger partial charge in [-0.15, -0.1) is 0 Å². The third-order valence-corrected chi connectivity index (χ3v) is 1.57. The lowest BCUT2D eigenvalue weighted by atomic mass is 10.2. The minimum atomic E-state index is -0.476. The van der Waals surface area contributed by atoms with Gasteiger partial charge in [0, 0.05) is 0 Å². The number of amides is 1. The number of hydroxylamine groups is 2. The summed E-state index contributed by atoms with van der Waals surface area (Å²) < 4.78 is 5.16. The van der Waals surface area contributed by atoms with Gasteiger partial charge in [-0.1, -0.05) is 12.2 Å². The number of hydrogen-bond donors (Lipinski definition) is 0. The van der Waals surface area contributed by atoms with E-state index < -0.39 is 11.7 Å². The van der Waals surface area contributed by atoms with Gasteiger partial charge >= 0.3 is 6.09 Å². The zero-order valence-corrected chi connectivity index (χ0v) is 8.95. The average Bonchev–Trinajstić information content (AvgIpc) is 2.27. The highest BCUT2D eigenvalue weighted by atomic mass is 16.7. The third kappa shape index (κ3) is 3.79. The molecule has 0 N–H and O–H groups in total. The first-order chi connectivity index (χ1) is 6.49. The van der Waals surface area contributed by atoms with E-state index in [1.807, 2.05) is 32.9 Å². The van der Waals surface area contributed by atoms with Gasteiger partial charge in [0.1, 0.15) is 5.60 Å². The van der Waals surface area contributed by atoms with Gasteiger partial charge in [-0.2, -0.15) is 5.06 Å². The Morgan fingerprint density at radius 2 is 2.14 bits per heavy atom. The summed E-state index contributed by atoms with van der Waals surface area (Å²) in [5, 5.41) is 1.24. The van der Waals surface area contributed by atoms with Crippen molar-refractivity contribution < 1.29 is 14.4 Å². The Morgan fingerprint density at radius 3 is 2.79 bits per heavy atom. The Balaban J connectivity index is 2.47. The molecule has 0 aromatic carbocycles. The van der Waals surface area contributed by atoms with Crippen molar-refractivity contribution in [3.8, 4) is 0 Å². The SMILES string of the molecule is CC(C)(C)OC(=O)N1CC=CCCO1. The molecule has 0 aromatic heterocycles. The predicted molar refractivity (Wildman–Crippen MR) is 52.6 cm³/mol. The Labute approximate surface area is 84.4 Å². The summed E-state index contributed by atoms with van der Waals surface area (Å²) in [6.07, 6.45) is 4.30. The van der Waals surface area contributed by atoms with Crippen molar-refractivity contribution in [2.24, 2.45) is 0 Å².